The van der Waals surface area contributed by atoms with E-state index in [0.717, 1.165) is 5.75 Å². The van der Waals surface area contributed by atoms with Gasteiger partial charge in [-0.05, 0) is 11.1 Å². The van der Waals surface area contributed by atoms with E-state index >= 15 is 0 Å². The summed E-state index contributed by atoms with van der Waals surface area (Å²) in [5.74, 6) is 1.21. The molecule has 0 aliphatic rings. The molecule has 0 atom stereocenters. The molecule has 0 aromatic heterocycles. The molecule has 1 nitrogen and oxygen atoms in total. The van der Waals surface area contributed by atoms with Gasteiger partial charge in [-0.25, -0.2) is 0 Å². The summed E-state index contributed by atoms with van der Waals surface area (Å²) in [6.45, 7) is 0. The Morgan fingerprint density at radius 3 is 1.74 bits per heavy atom. The summed E-state index contributed by atoms with van der Waals surface area (Å²) in [6, 6.07) is 20.9. The van der Waals surface area contributed by atoms with Crippen LogP contribution in [-0.4, -0.2) is 47.8 Å². The molecule has 0 radical (unpaired) electrons. The van der Waals surface area contributed by atoms with Gasteiger partial charge in [0.2, 0.25) is 0 Å². The van der Waals surface area contributed by atoms with Crippen LogP contribution in [0.15, 0.2) is 60.7 Å². The molecule has 0 saturated heterocycles. The zero-order chi connectivity index (χ0) is 12.8. The van der Waals surface area contributed by atoms with Crippen molar-refractivity contribution in [3.63, 3.8) is 0 Å². The van der Waals surface area contributed by atoms with Gasteiger partial charge < -0.3 is 5.73 Å². The number of hydrogen-bond acceptors (Lipinski definition) is 2. The van der Waals surface area contributed by atoms with Crippen molar-refractivity contribution in [2.45, 2.75) is 5.92 Å². The van der Waals surface area contributed by atoms with Gasteiger partial charge in [0, 0.05) is 11.7 Å². The van der Waals surface area contributed by atoms with Gasteiger partial charge in [0.1, 0.15) is 4.32 Å². The SMILES string of the molecule is NC(=S)SCC(c1ccccc1)c1ccccc1.[CaH2]. The van der Waals surface area contributed by atoms with E-state index in [0.29, 0.717) is 10.2 Å². The van der Waals surface area contributed by atoms with E-state index in [1.54, 1.807) is 0 Å². The molecular weight excluding hydrogens is 298 g/mol. The van der Waals surface area contributed by atoms with Crippen molar-refractivity contribution < 1.29 is 0 Å². The Labute approximate surface area is 154 Å². The molecule has 2 aromatic rings. The molecule has 2 rings (SSSR count). The molecule has 2 aromatic carbocycles. The van der Waals surface area contributed by atoms with Gasteiger partial charge in [0.15, 0.2) is 0 Å². The predicted octanol–water partition coefficient (Wildman–Crippen LogP) is 2.88. The van der Waals surface area contributed by atoms with E-state index in [-0.39, 0.29) is 37.7 Å². The van der Waals surface area contributed by atoms with Crippen molar-refractivity contribution in [3.05, 3.63) is 71.8 Å². The van der Waals surface area contributed by atoms with E-state index in [9.17, 15) is 0 Å². The van der Waals surface area contributed by atoms with Crippen molar-refractivity contribution in [2.24, 2.45) is 5.73 Å². The van der Waals surface area contributed by atoms with Crippen LogP contribution in [0.5, 0.6) is 0 Å². The molecule has 96 valence electrons. The molecule has 0 fully saturated rings. The maximum absolute atomic E-state index is 5.59. The van der Waals surface area contributed by atoms with Gasteiger partial charge in [-0.1, -0.05) is 84.6 Å². The molecule has 0 amide bonds. The third-order valence-corrected chi connectivity index (χ3v) is 3.93. The number of thiocarbonyl (C=S) groups is 1. The van der Waals surface area contributed by atoms with E-state index < -0.39 is 0 Å². The van der Waals surface area contributed by atoms with Crippen molar-refractivity contribution in [1.82, 2.24) is 0 Å². The fourth-order valence-corrected chi connectivity index (χ4v) is 2.84. The Morgan fingerprint density at radius 1 is 0.947 bits per heavy atom. The van der Waals surface area contributed by atoms with E-state index in [1.807, 2.05) is 12.1 Å². The maximum atomic E-state index is 5.59. The Kier molecular flexibility index (Phi) is 8.03. The van der Waals surface area contributed by atoms with Gasteiger partial charge in [0.05, 0.1) is 0 Å². The first-order valence-electron chi connectivity index (χ1n) is 5.79. The molecule has 0 saturated carbocycles. The quantitative estimate of drug-likeness (QED) is 0.694. The first-order chi connectivity index (χ1) is 8.77. The Morgan fingerprint density at radius 2 is 1.37 bits per heavy atom. The third-order valence-electron chi connectivity index (χ3n) is 2.80. The first-order valence-corrected chi connectivity index (χ1v) is 7.19. The van der Waals surface area contributed by atoms with Crippen LogP contribution in [0.25, 0.3) is 0 Å². The number of hydrogen-bond donors (Lipinski definition) is 1. The fraction of sp³-hybridized carbons (Fsp3) is 0.133. The summed E-state index contributed by atoms with van der Waals surface area (Å²) in [5, 5.41) is 0. The second-order valence-corrected chi connectivity index (χ2v) is 5.76. The molecule has 4 heteroatoms. The van der Waals surface area contributed by atoms with Gasteiger partial charge in [0.25, 0.3) is 0 Å². The van der Waals surface area contributed by atoms with Crippen LogP contribution in [0, 0.1) is 0 Å². The zero-order valence-corrected chi connectivity index (χ0v) is 11.6. The number of nitrogens with two attached hydrogens (primary N) is 1. The summed E-state index contributed by atoms with van der Waals surface area (Å²) in [6.07, 6.45) is 0. The average Bonchev–Trinajstić information content (AvgIpc) is 2.41. The molecular formula is C15H17CaNS2. The summed E-state index contributed by atoms with van der Waals surface area (Å²) in [5.41, 5.74) is 8.19. The molecule has 2 N–H and O–H groups in total. The van der Waals surface area contributed by atoms with Gasteiger partial charge in [-0.15, -0.1) is 0 Å². The molecule has 0 spiro atoms. The fourth-order valence-electron chi connectivity index (χ4n) is 1.92. The van der Waals surface area contributed by atoms with Crippen LogP contribution in [0.3, 0.4) is 0 Å². The Bertz CT molecular complexity index is 463. The first kappa shape index (κ1) is 17.0. The Balaban J connectivity index is 0.00000180. The van der Waals surface area contributed by atoms with E-state index in [4.69, 9.17) is 18.0 Å². The summed E-state index contributed by atoms with van der Waals surface area (Å²) < 4.78 is 0.506. The second-order valence-electron chi connectivity index (χ2n) is 4.00. The number of rotatable bonds is 4. The van der Waals surface area contributed by atoms with Gasteiger partial charge >= 0.3 is 37.7 Å². The van der Waals surface area contributed by atoms with Crippen molar-refractivity contribution in [2.75, 3.05) is 5.75 Å². The van der Waals surface area contributed by atoms with Gasteiger partial charge in [-0.2, -0.15) is 0 Å². The molecule has 0 bridgehead atoms. The van der Waals surface area contributed by atoms with Gasteiger partial charge in [-0.3, -0.25) is 0 Å². The van der Waals surface area contributed by atoms with E-state index in [2.05, 4.69) is 48.5 Å². The molecule has 19 heavy (non-hydrogen) atoms. The summed E-state index contributed by atoms with van der Waals surface area (Å²) >= 11 is 6.49. The van der Waals surface area contributed by atoms with Crippen LogP contribution < -0.4 is 5.73 Å². The van der Waals surface area contributed by atoms with Crippen LogP contribution in [0.2, 0.25) is 0 Å². The predicted molar refractivity (Wildman–Crippen MR) is 92.5 cm³/mol. The zero-order valence-electron chi connectivity index (χ0n) is 9.95. The minimum atomic E-state index is 0. The average molecular weight is 316 g/mol. The Hall–Kier alpha value is -0.0603. The number of thioether (sulfide) groups is 1. The normalized spacial score (nSPS) is 9.95. The van der Waals surface area contributed by atoms with Crippen LogP contribution >= 0.6 is 24.0 Å². The summed E-state index contributed by atoms with van der Waals surface area (Å²) in [7, 11) is 0. The van der Waals surface area contributed by atoms with Crippen LogP contribution in [-0.2, 0) is 0 Å². The van der Waals surface area contributed by atoms with Crippen LogP contribution in [0.4, 0.5) is 0 Å². The molecule has 0 unspecified atom stereocenters. The van der Waals surface area contributed by atoms with Crippen LogP contribution in [0.1, 0.15) is 17.0 Å². The standard InChI is InChI=1S/C15H15NS2.Ca.2H/c16-15(17)18-11-14(12-7-3-1-4-8-12)13-9-5-2-6-10-13;;;/h1-10,14H,11H2,(H2,16,17);;;. The molecule has 0 aliphatic carbocycles. The third kappa shape index (κ3) is 5.44. The second kappa shape index (κ2) is 8.98. The molecule has 0 heterocycles. The van der Waals surface area contributed by atoms with Crippen molar-refractivity contribution >= 4 is 66.0 Å². The van der Waals surface area contributed by atoms with Crippen molar-refractivity contribution in [3.8, 4) is 0 Å². The van der Waals surface area contributed by atoms with Crippen molar-refractivity contribution in [1.29, 1.82) is 0 Å². The minimum absolute atomic E-state index is 0. The van der Waals surface area contributed by atoms with E-state index in [1.165, 1.54) is 22.9 Å². The monoisotopic (exact) mass is 315 g/mol. The molecule has 0 aliphatic heterocycles. The summed E-state index contributed by atoms with van der Waals surface area (Å²) in [4.78, 5) is 0. The topological polar surface area (TPSA) is 26.0 Å². The number of benzene rings is 2.